The molecule has 0 aromatic heterocycles. The second-order valence-corrected chi connectivity index (χ2v) is 2.54. The van der Waals surface area contributed by atoms with Crippen LogP contribution in [0, 0.1) is 5.41 Å². The van der Waals surface area contributed by atoms with E-state index in [1.807, 2.05) is 0 Å². The number of nitrogens with one attached hydrogen (secondary N) is 1. The summed E-state index contributed by atoms with van der Waals surface area (Å²) in [6.07, 6.45) is -2.94. The van der Waals surface area contributed by atoms with Crippen LogP contribution in [0.4, 0.5) is 13.2 Å². The van der Waals surface area contributed by atoms with E-state index in [1.54, 1.807) is 0 Å². The lowest BCUT2D eigenvalue weighted by molar-refractivity contribution is -0.0688. The Kier molecular flexibility index (Phi) is 2.06. The number of hydrogen-bond acceptors (Lipinski definition) is 1. The molecule has 0 bridgehead atoms. The highest BCUT2D eigenvalue weighted by molar-refractivity contribution is 5.84. The van der Waals surface area contributed by atoms with Crippen molar-refractivity contribution in [3.8, 4) is 0 Å². The Labute approximate surface area is 62.5 Å². The number of halogens is 3. The average molecular weight is 166 g/mol. The van der Waals surface area contributed by atoms with Crippen LogP contribution in [0.15, 0.2) is 0 Å². The zero-order chi connectivity index (χ0) is 8.48. The van der Waals surface area contributed by atoms with Gasteiger partial charge in [-0.2, -0.15) is 13.2 Å². The lowest BCUT2D eigenvalue weighted by Crippen LogP contribution is -2.38. The van der Waals surface area contributed by atoms with Crippen molar-refractivity contribution < 1.29 is 13.2 Å². The van der Waals surface area contributed by atoms with E-state index in [2.05, 4.69) is 0 Å². The molecule has 0 amide bonds. The van der Waals surface area contributed by atoms with Crippen molar-refractivity contribution in [3.05, 3.63) is 0 Å². The molecule has 1 N–H and O–H groups in total. The van der Waals surface area contributed by atoms with Crippen molar-refractivity contribution in [1.82, 2.24) is 4.90 Å². The summed E-state index contributed by atoms with van der Waals surface area (Å²) in [5.74, 6) is -1.20. The van der Waals surface area contributed by atoms with E-state index in [-0.39, 0.29) is 0 Å². The van der Waals surface area contributed by atoms with Crippen molar-refractivity contribution in [2.45, 2.75) is 19.0 Å². The highest BCUT2D eigenvalue weighted by atomic mass is 19.4. The van der Waals surface area contributed by atoms with Gasteiger partial charge in [-0.15, -0.1) is 0 Å². The van der Waals surface area contributed by atoms with E-state index < -0.39 is 12.0 Å². The molecular formula is C6H9F3N2. The third kappa shape index (κ3) is 1.85. The van der Waals surface area contributed by atoms with Crippen LogP contribution in [0.2, 0.25) is 0 Å². The van der Waals surface area contributed by atoms with Crippen LogP contribution in [0.3, 0.4) is 0 Å². The van der Waals surface area contributed by atoms with E-state index in [0.29, 0.717) is 13.1 Å². The summed E-state index contributed by atoms with van der Waals surface area (Å²) in [5, 5.41) is 6.74. The van der Waals surface area contributed by atoms with Crippen LogP contribution in [0.1, 0.15) is 12.8 Å². The second-order valence-electron chi connectivity index (χ2n) is 2.54. The zero-order valence-electron chi connectivity index (χ0n) is 5.91. The Balaban J connectivity index is 2.53. The first-order chi connectivity index (χ1) is 5.02. The molecule has 1 heterocycles. The first-order valence-electron chi connectivity index (χ1n) is 3.42. The Morgan fingerprint density at radius 2 is 1.64 bits per heavy atom. The van der Waals surface area contributed by atoms with E-state index in [4.69, 9.17) is 5.41 Å². The lowest BCUT2D eigenvalue weighted by Gasteiger charge is -2.19. The van der Waals surface area contributed by atoms with E-state index in [0.717, 1.165) is 17.7 Å². The molecule has 1 aliphatic heterocycles. The molecule has 1 fully saturated rings. The largest absolute Gasteiger partial charge is 0.448 e. The number of alkyl halides is 3. The van der Waals surface area contributed by atoms with Gasteiger partial charge in [0.25, 0.3) is 0 Å². The number of hydrogen-bond donors (Lipinski definition) is 1. The van der Waals surface area contributed by atoms with Gasteiger partial charge < -0.3 is 4.90 Å². The maximum absolute atomic E-state index is 11.8. The Bertz CT molecular complexity index is 158. The van der Waals surface area contributed by atoms with Gasteiger partial charge in [-0.3, -0.25) is 5.41 Å². The van der Waals surface area contributed by atoms with Crippen LogP contribution in [-0.4, -0.2) is 30.0 Å². The minimum Gasteiger partial charge on any atom is -0.353 e. The quantitative estimate of drug-likeness (QED) is 0.429. The average Bonchev–Trinajstić information content (AvgIpc) is 2.34. The summed E-state index contributed by atoms with van der Waals surface area (Å²) >= 11 is 0. The smallest absolute Gasteiger partial charge is 0.353 e. The second kappa shape index (κ2) is 2.71. The molecule has 11 heavy (non-hydrogen) atoms. The van der Waals surface area contributed by atoms with Crippen LogP contribution >= 0.6 is 0 Å². The molecule has 2 nitrogen and oxygen atoms in total. The van der Waals surface area contributed by atoms with E-state index in [9.17, 15) is 13.2 Å². The van der Waals surface area contributed by atoms with Crippen LogP contribution < -0.4 is 0 Å². The van der Waals surface area contributed by atoms with E-state index >= 15 is 0 Å². The van der Waals surface area contributed by atoms with Crippen molar-refractivity contribution >= 4 is 5.84 Å². The molecule has 0 saturated carbocycles. The van der Waals surface area contributed by atoms with Crippen molar-refractivity contribution in [3.63, 3.8) is 0 Å². The molecule has 0 unspecified atom stereocenters. The summed E-state index contributed by atoms with van der Waals surface area (Å²) in [6.45, 7) is 0.747. The predicted octanol–water partition coefficient (Wildman–Crippen LogP) is 1.62. The number of likely N-dealkylation sites (tertiary alicyclic amines) is 1. The molecule has 0 atom stereocenters. The zero-order valence-corrected chi connectivity index (χ0v) is 5.91. The Hall–Kier alpha value is -0.740. The first-order valence-corrected chi connectivity index (χ1v) is 3.42. The van der Waals surface area contributed by atoms with Crippen molar-refractivity contribution in [2.24, 2.45) is 0 Å². The summed E-state index contributed by atoms with van der Waals surface area (Å²) in [7, 11) is 0. The van der Waals surface area contributed by atoms with Crippen LogP contribution in [-0.2, 0) is 0 Å². The monoisotopic (exact) mass is 166 g/mol. The van der Waals surface area contributed by atoms with Gasteiger partial charge in [0.15, 0.2) is 0 Å². The lowest BCUT2D eigenvalue weighted by atomic mass is 10.4. The third-order valence-corrected chi connectivity index (χ3v) is 1.69. The third-order valence-electron chi connectivity index (χ3n) is 1.69. The number of nitrogens with zero attached hydrogens (tertiary/aromatic N) is 1. The normalized spacial score (nSPS) is 19.0. The van der Waals surface area contributed by atoms with Crippen LogP contribution in [0.25, 0.3) is 0 Å². The fraction of sp³-hybridized carbons (Fsp3) is 0.833. The molecule has 1 aliphatic rings. The first kappa shape index (κ1) is 8.36. The molecule has 64 valence electrons. The molecule has 0 aromatic rings. The summed E-state index contributed by atoms with van der Waals surface area (Å²) in [6, 6.07) is 0. The molecule has 0 aromatic carbocycles. The topological polar surface area (TPSA) is 27.1 Å². The molecule has 5 heteroatoms. The van der Waals surface area contributed by atoms with Crippen LogP contribution in [0.5, 0.6) is 0 Å². The molecule has 1 saturated heterocycles. The van der Waals surface area contributed by atoms with Gasteiger partial charge >= 0.3 is 6.18 Å². The molecule has 0 aliphatic carbocycles. The highest BCUT2D eigenvalue weighted by Gasteiger charge is 2.38. The number of rotatable bonds is 0. The van der Waals surface area contributed by atoms with Gasteiger partial charge in [-0.1, -0.05) is 0 Å². The van der Waals surface area contributed by atoms with Gasteiger partial charge in [0.05, 0.1) is 0 Å². The molecule has 0 spiro atoms. The SMILES string of the molecule is N=C(N1CCCC1)C(F)(F)F. The van der Waals surface area contributed by atoms with Crippen molar-refractivity contribution in [1.29, 1.82) is 5.41 Å². The number of amidine groups is 1. The highest BCUT2D eigenvalue weighted by Crippen LogP contribution is 2.21. The van der Waals surface area contributed by atoms with Gasteiger partial charge in [-0.05, 0) is 12.8 Å². The predicted molar refractivity (Wildman–Crippen MR) is 34.6 cm³/mol. The summed E-state index contributed by atoms with van der Waals surface area (Å²) < 4.78 is 35.5. The summed E-state index contributed by atoms with van der Waals surface area (Å²) in [5.41, 5.74) is 0. The summed E-state index contributed by atoms with van der Waals surface area (Å²) in [4.78, 5) is 1.07. The fourth-order valence-corrected chi connectivity index (χ4v) is 1.12. The Morgan fingerprint density at radius 1 is 1.18 bits per heavy atom. The van der Waals surface area contributed by atoms with Gasteiger partial charge in [0.2, 0.25) is 5.84 Å². The van der Waals surface area contributed by atoms with Gasteiger partial charge in [0.1, 0.15) is 0 Å². The minimum atomic E-state index is -4.47. The van der Waals surface area contributed by atoms with Gasteiger partial charge in [-0.25, -0.2) is 0 Å². The minimum absolute atomic E-state index is 0.373. The molecule has 0 radical (unpaired) electrons. The van der Waals surface area contributed by atoms with Crippen molar-refractivity contribution in [2.75, 3.05) is 13.1 Å². The van der Waals surface area contributed by atoms with Gasteiger partial charge in [0, 0.05) is 13.1 Å². The van der Waals surface area contributed by atoms with E-state index in [1.165, 1.54) is 0 Å². The molecule has 1 rings (SSSR count). The maximum Gasteiger partial charge on any atom is 0.448 e. The standard InChI is InChI=1S/C6H9F3N2/c7-6(8,9)5(10)11-3-1-2-4-11/h10H,1-4H2. The Morgan fingerprint density at radius 3 is 2.00 bits per heavy atom. The maximum atomic E-state index is 11.8. The fourth-order valence-electron chi connectivity index (χ4n) is 1.12. The molecular weight excluding hydrogens is 157 g/mol.